The first kappa shape index (κ1) is 21.6. The van der Waals surface area contributed by atoms with Crippen molar-refractivity contribution in [2.75, 3.05) is 13.2 Å². The Balaban J connectivity index is 1.71. The molecule has 0 aliphatic carbocycles. The second kappa shape index (κ2) is 10.6. The van der Waals surface area contributed by atoms with Gasteiger partial charge in [-0.2, -0.15) is 0 Å². The number of benzene rings is 3. The van der Waals surface area contributed by atoms with Crippen LogP contribution in [0.15, 0.2) is 77.3 Å². The molecular formula is C24H21BrO5. The van der Waals surface area contributed by atoms with Crippen LogP contribution in [0, 0.1) is 0 Å². The second-order valence-corrected chi connectivity index (χ2v) is 7.25. The highest BCUT2D eigenvalue weighted by molar-refractivity contribution is 9.10. The number of esters is 2. The monoisotopic (exact) mass is 468 g/mol. The maximum absolute atomic E-state index is 12.8. The summed E-state index contributed by atoms with van der Waals surface area (Å²) in [6, 6.07) is 21.3. The first-order chi connectivity index (χ1) is 14.6. The summed E-state index contributed by atoms with van der Waals surface area (Å²) in [4.78, 5) is 25.3. The van der Waals surface area contributed by atoms with Crippen LogP contribution in [-0.2, 0) is 11.2 Å². The smallest absolute Gasteiger partial charge is 0.347 e. The average molecular weight is 469 g/mol. The van der Waals surface area contributed by atoms with Crippen LogP contribution in [0.3, 0.4) is 0 Å². The molecule has 6 heteroatoms. The van der Waals surface area contributed by atoms with E-state index in [1.165, 1.54) is 0 Å². The van der Waals surface area contributed by atoms with Gasteiger partial charge in [0.15, 0.2) is 0 Å². The SMILES string of the molecule is CCOc1ccc(Br)cc1C(=O)Oc1ccccc1C(=O)OCCc1ccccc1. The topological polar surface area (TPSA) is 61.8 Å². The van der Waals surface area contributed by atoms with E-state index in [-0.39, 0.29) is 23.5 Å². The number of halogens is 1. The summed E-state index contributed by atoms with van der Waals surface area (Å²) in [5, 5.41) is 0. The average Bonchev–Trinajstić information content (AvgIpc) is 2.76. The molecule has 3 aromatic rings. The largest absolute Gasteiger partial charge is 0.493 e. The van der Waals surface area contributed by atoms with E-state index in [4.69, 9.17) is 14.2 Å². The molecule has 30 heavy (non-hydrogen) atoms. The van der Waals surface area contributed by atoms with Crippen molar-refractivity contribution in [3.8, 4) is 11.5 Å². The van der Waals surface area contributed by atoms with Gasteiger partial charge in [-0.05, 0) is 42.8 Å². The maximum atomic E-state index is 12.8. The molecule has 0 heterocycles. The van der Waals surface area contributed by atoms with Gasteiger partial charge >= 0.3 is 11.9 Å². The summed E-state index contributed by atoms with van der Waals surface area (Å²) in [5.74, 6) is -0.624. The van der Waals surface area contributed by atoms with E-state index in [2.05, 4.69) is 15.9 Å². The Labute approximate surface area is 183 Å². The molecule has 0 N–H and O–H groups in total. The van der Waals surface area contributed by atoms with E-state index in [9.17, 15) is 9.59 Å². The van der Waals surface area contributed by atoms with Crippen LogP contribution < -0.4 is 9.47 Å². The summed E-state index contributed by atoms with van der Waals surface area (Å²) >= 11 is 3.35. The lowest BCUT2D eigenvalue weighted by atomic mass is 10.1. The fraction of sp³-hybridized carbons (Fsp3) is 0.167. The van der Waals surface area contributed by atoms with Gasteiger partial charge in [0.25, 0.3) is 0 Å². The number of carbonyl (C=O) groups excluding carboxylic acids is 2. The lowest BCUT2D eigenvalue weighted by molar-refractivity contribution is 0.0503. The quantitative estimate of drug-likeness (QED) is 0.324. The minimum Gasteiger partial charge on any atom is -0.493 e. The van der Waals surface area contributed by atoms with Gasteiger partial charge in [0.1, 0.15) is 22.6 Å². The Morgan fingerprint density at radius 1 is 0.833 bits per heavy atom. The van der Waals surface area contributed by atoms with Gasteiger partial charge in [-0.1, -0.05) is 58.4 Å². The second-order valence-electron chi connectivity index (χ2n) is 6.33. The Kier molecular flexibility index (Phi) is 7.63. The van der Waals surface area contributed by atoms with Gasteiger partial charge in [-0.3, -0.25) is 0 Å². The van der Waals surface area contributed by atoms with Crippen LogP contribution >= 0.6 is 15.9 Å². The summed E-state index contributed by atoms with van der Waals surface area (Å²) in [6.07, 6.45) is 0.601. The fourth-order valence-electron chi connectivity index (χ4n) is 2.81. The summed E-state index contributed by atoms with van der Waals surface area (Å²) in [7, 11) is 0. The molecular weight excluding hydrogens is 448 g/mol. The fourth-order valence-corrected chi connectivity index (χ4v) is 3.17. The maximum Gasteiger partial charge on any atom is 0.347 e. The molecule has 0 fully saturated rings. The van der Waals surface area contributed by atoms with E-state index in [1.807, 2.05) is 37.3 Å². The van der Waals surface area contributed by atoms with Crippen LogP contribution in [0.2, 0.25) is 0 Å². The minimum absolute atomic E-state index is 0.134. The van der Waals surface area contributed by atoms with Crippen LogP contribution in [0.5, 0.6) is 11.5 Å². The summed E-state index contributed by atoms with van der Waals surface area (Å²) in [6.45, 7) is 2.47. The number of hydrogen-bond acceptors (Lipinski definition) is 5. The normalized spacial score (nSPS) is 10.3. The van der Waals surface area contributed by atoms with Crippen molar-refractivity contribution in [3.63, 3.8) is 0 Å². The highest BCUT2D eigenvalue weighted by atomic mass is 79.9. The van der Waals surface area contributed by atoms with Gasteiger partial charge < -0.3 is 14.2 Å². The molecule has 0 amide bonds. The van der Waals surface area contributed by atoms with Gasteiger partial charge in [0, 0.05) is 10.9 Å². The predicted molar refractivity (Wildman–Crippen MR) is 117 cm³/mol. The third-order valence-electron chi connectivity index (χ3n) is 4.24. The number of ether oxygens (including phenoxy) is 3. The minimum atomic E-state index is -0.621. The van der Waals surface area contributed by atoms with Gasteiger partial charge in [0.2, 0.25) is 0 Å². The van der Waals surface area contributed by atoms with Crippen molar-refractivity contribution in [1.29, 1.82) is 0 Å². The first-order valence-electron chi connectivity index (χ1n) is 9.53. The van der Waals surface area contributed by atoms with Gasteiger partial charge in [-0.15, -0.1) is 0 Å². The van der Waals surface area contributed by atoms with E-state index in [1.54, 1.807) is 42.5 Å². The third kappa shape index (κ3) is 5.70. The molecule has 0 atom stereocenters. The molecule has 0 aliphatic heterocycles. The molecule has 0 spiro atoms. The Hall–Kier alpha value is -3.12. The molecule has 0 saturated carbocycles. The first-order valence-corrected chi connectivity index (χ1v) is 10.3. The molecule has 0 aromatic heterocycles. The molecule has 3 rings (SSSR count). The van der Waals surface area contributed by atoms with E-state index in [0.717, 1.165) is 5.56 Å². The van der Waals surface area contributed by atoms with E-state index >= 15 is 0 Å². The van der Waals surface area contributed by atoms with Crippen molar-refractivity contribution < 1.29 is 23.8 Å². The van der Waals surface area contributed by atoms with Crippen molar-refractivity contribution >= 4 is 27.9 Å². The number of carbonyl (C=O) groups is 2. The van der Waals surface area contributed by atoms with Gasteiger partial charge in [0.05, 0.1) is 13.2 Å². The standard InChI is InChI=1S/C24H21BrO5/c1-2-28-21-13-12-18(25)16-20(21)24(27)30-22-11-7-6-10-19(22)23(26)29-15-14-17-8-4-3-5-9-17/h3-13,16H,2,14-15H2,1H3. The highest BCUT2D eigenvalue weighted by Crippen LogP contribution is 2.26. The third-order valence-corrected chi connectivity index (χ3v) is 4.73. The van der Waals surface area contributed by atoms with Crippen LogP contribution in [0.25, 0.3) is 0 Å². The van der Waals surface area contributed by atoms with E-state index < -0.39 is 11.9 Å². The van der Waals surface area contributed by atoms with Crippen molar-refractivity contribution in [1.82, 2.24) is 0 Å². The Morgan fingerprint density at radius 3 is 2.33 bits per heavy atom. The van der Waals surface area contributed by atoms with Crippen molar-refractivity contribution in [2.45, 2.75) is 13.3 Å². The zero-order valence-corrected chi connectivity index (χ0v) is 18.1. The zero-order valence-electron chi connectivity index (χ0n) is 16.5. The number of hydrogen-bond donors (Lipinski definition) is 0. The van der Waals surface area contributed by atoms with Crippen molar-refractivity contribution in [2.24, 2.45) is 0 Å². The molecule has 0 saturated heterocycles. The molecule has 0 unspecified atom stereocenters. The van der Waals surface area contributed by atoms with Crippen molar-refractivity contribution in [3.05, 3.63) is 94.0 Å². The molecule has 0 bridgehead atoms. The molecule has 3 aromatic carbocycles. The number of rotatable bonds is 8. The van der Waals surface area contributed by atoms with Crippen LogP contribution in [0.4, 0.5) is 0 Å². The lowest BCUT2D eigenvalue weighted by Gasteiger charge is -2.12. The lowest BCUT2D eigenvalue weighted by Crippen LogP contribution is -2.15. The summed E-state index contributed by atoms with van der Waals surface area (Å²) < 4.78 is 17.1. The molecule has 5 nitrogen and oxygen atoms in total. The Bertz CT molecular complexity index is 1020. The zero-order chi connectivity index (χ0) is 21.3. The van der Waals surface area contributed by atoms with Gasteiger partial charge in [-0.25, -0.2) is 9.59 Å². The summed E-state index contributed by atoms with van der Waals surface area (Å²) in [5.41, 5.74) is 1.52. The highest BCUT2D eigenvalue weighted by Gasteiger charge is 2.20. The predicted octanol–water partition coefficient (Wildman–Crippen LogP) is 5.47. The Morgan fingerprint density at radius 2 is 1.57 bits per heavy atom. The number of para-hydroxylation sites is 1. The van der Waals surface area contributed by atoms with Crippen LogP contribution in [-0.4, -0.2) is 25.2 Å². The molecule has 0 aliphatic rings. The molecule has 0 radical (unpaired) electrons. The molecule has 154 valence electrons. The van der Waals surface area contributed by atoms with Crippen LogP contribution in [0.1, 0.15) is 33.2 Å². The van der Waals surface area contributed by atoms with E-state index in [0.29, 0.717) is 23.2 Å².